The maximum atomic E-state index is 12.8. The SMILES string of the molecule is CCn1cc2ncc(N[C@@H](C)c3cccc(NC(=O)c4ccc(N5CCCC5)nc4)c3)nc2n1. The number of pyridine rings is 1. The van der Waals surface area contributed by atoms with Crippen molar-refractivity contribution >= 4 is 34.4 Å². The lowest BCUT2D eigenvalue weighted by molar-refractivity contribution is 0.102. The van der Waals surface area contributed by atoms with Crippen molar-refractivity contribution in [2.75, 3.05) is 28.6 Å². The average Bonchev–Trinajstić information content (AvgIpc) is 3.54. The normalized spacial score (nSPS) is 14.4. The maximum absolute atomic E-state index is 12.8. The van der Waals surface area contributed by atoms with E-state index in [1.807, 2.05) is 61.1 Å². The van der Waals surface area contributed by atoms with Crippen LogP contribution in [-0.2, 0) is 6.54 Å². The summed E-state index contributed by atoms with van der Waals surface area (Å²) in [6.45, 7) is 6.89. The van der Waals surface area contributed by atoms with Gasteiger partial charge in [0.15, 0.2) is 0 Å². The highest BCUT2D eigenvalue weighted by Crippen LogP contribution is 2.23. The molecule has 0 saturated carbocycles. The molecular formula is C25H28N8O. The van der Waals surface area contributed by atoms with Crippen molar-refractivity contribution in [1.82, 2.24) is 24.7 Å². The molecule has 5 rings (SSSR count). The van der Waals surface area contributed by atoms with Gasteiger partial charge in [-0.15, -0.1) is 0 Å². The molecule has 1 amide bonds. The fourth-order valence-corrected chi connectivity index (χ4v) is 4.12. The van der Waals surface area contributed by atoms with Gasteiger partial charge in [0.25, 0.3) is 5.91 Å². The van der Waals surface area contributed by atoms with Gasteiger partial charge in [-0.25, -0.2) is 15.0 Å². The minimum Gasteiger partial charge on any atom is -0.362 e. The second-order valence-corrected chi connectivity index (χ2v) is 8.49. The summed E-state index contributed by atoms with van der Waals surface area (Å²) >= 11 is 0. The highest BCUT2D eigenvalue weighted by Gasteiger charge is 2.15. The summed E-state index contributed by atoms with van der Waals surface area (Å²) in [4.78, 5) is 28.5. The van der Waals surface area contributed by atoms with Gasteiger partial charge < -0.3 is 15.5 Å². The minimum absolute atomic E-state index is 0.0433. The second kappa shape index (κ2) is 9.46. The number of aromatic nitrogens is 5. The summed E-state index contributed by atoms with van der Waals surface area (Å²) in [7, 11) is 0. The first-order valence-corrected chi connectivity index (χ1v) is 11.7. The first-order valence-electron chi connectivity index (χ1n) is 11.7. The topological polar surface area (TPSA) is 101 Å². The molecule has 9 nitrogen and oxygen atoms in total. The summed E-state index contributed by atoms with van der Waals surface area (Å²) in [5.41, 5.74) is 3.66. The van der Waals surface area contributed by atoms with Crippen LogP contribution in [0.3, 0.4) is 0 Å². The molecular weight excluding hydrogens is 428 g/mol. The third-order valence-corrected chi connectivity index (χ3v) is 6.05. The van der Waals surface area contributed by atoms with E-state index in [1.165, 1.54) is 12.8 Å². The molecule has 1 saturated heterocycles. The van der Waals surface area contributed by atoms with Gasteiger partial charge in [-0.2, -0.15) is 5.10 Å². The Kier molecular flexibility index (Phi) is 6.07. The zero-order chi connectivity index (χ0) is 23.5. The summed E-state index contributed by atoms with van der Waals surface area (Å²) in [6, 6.07) is 11.5. The van der Waals surface area contributed by atoms with Crippen LogP contribution >= 0.6 is 0 Å². The van der Waals surface area contributed by atoms with Crippen LogP contribution in [0.25, 0.3) is 11.2 Å². The van der Waals surface area contributed by atoms with Gasteiger partial charge in [0, 0.05) is 31.5 Å². The zero-order valence-corrected chi connectivity index (χ0v) is 19.4. The molecule has 2 N–H and O–H groups in total. The maximum Gasteiger partial charge on any atom is 0.257 e. The molecule has 1 aliphatic heterocycles. The van der Waals surface area contributed by atoms with Gasteiger partial charge in [-0.05, 0) is 56.5 Å². The largest absolute Gasteiger partial charge is 0.362 e. The van der Waals surface area contributed by atoms with Crippen molar-refractivity contribution < 1.29 is 4.79 Å². The van der Waals surface area contributed by atoms with E-state index in [0.29, 0.717) is 17.0 Å². The van der Waals surface area contributed by atoms with Crippen molar-refractivity contribution in [1.29, 1.82) is 0 Å². The molecule has 3 aromatic heterocycles. The van der Waals surface area contributed by atoms with Crippen molar-refractivity contribution in [3.63, 3.8) is 0 Å². The number of anilines is 3. The molecule has 1 fully saturated rings. The van der Waals surface area contributed by atoms with E-state index in [-0.39, 0.29) is 11.9 Å². The Morgan fingerprint density at radius 3 is 2.74 bits per heavy atom. The Bertz CT molecular complexity index is 1290. The number of hydrogen-bond acceptors (Lipinski definition) is 7. The second-order valence-electron chi connectivity index (χ2n) is 8.49. The Morgan fingerprint density at radius 1 is 1.12 bits per heavy atom. The standard InChI is InChI=1S/C25H28N8O/c1-3-33-16-21-24(31-33)30-22(15-26-21)28-17(2)18-7-6-8-20(13-18)29-25(34)19-9-10-23(27-14-19)32-11-4-5-12-32/h6-10,13-17H,3-5,11-12H2,1-2H3,(H,29,34)(H,28,30,31)/t17-/m0/s1. The number of aryl methyl sites for hydroxylation is 1. The van der Waals surface area contributed by atoms with E-state index in [0.717, 1.165) is 42.2 Å². The summed E-state index contributed by atoms with van der Waals surface area (Å²) in [5.74, 6) is 1.40. The predicted molar refractivity (Wildman–Crippen MR) is 133 cm³/mol. The molecule has 0 unspecified atom stereocenters. The van der Waals surface area contributed by atoms with Gasteiger partial charge in [0.2, 0.25) is 5.65 Å². The van der Waals surface area contributed by atoms with Crippen LogP contribution in [-0.4, -0.2) is 43.7 Å². The van der Waals surface area contributed by atoms with Crippen molar-refractivity contribution in [2.24, 2.45) is 0 Å². The van der Waals surface area contributed by atoms with Crippen molar-refractivity contribution in [2.45, 2.75) is 39.3 Å². The van der Waals surface area contributed by atoms with Gasteiger partial charge in [-0.1, -0.05) is 12.1 Å². The Labute approximate surface area is 198 Å². The lowest BCUT2D eigenvalue weighted by Gasteiger charge is -2.17. The monoisotopic (exact) mass is 456 g/mol. The number of rotatable bonds is 7. The van der Waals surface area contributed by atoms with Crippen LogP contribution in [0.2, 0.25) is 0 Å². The summed E-state index contributed by atoms with van der Waals surface area (Å²) < 4.78 is 1.82. The molecule has 174 valence electrons. The van der Waals surface area contributed by atoms with E-state index >= 15 is 0 Å². The smallest absolute Gasteiger partial charge is 0.257 e. The first-order chi connectivity index (χ1) is 16.6. The lowest BCUT2D eigenvalue weighted by Crippen LogP contribution is -2.19. The highest BCUT2D eigenvalue weighted by molar-refractivity contribution is 6.04. The highest BCUT2D eigenvalue weighted by atomic mass is 16.1. The van der Waals surface area contributed by atoms with Crippen LogP contribution in [0.15, 0.2) is 55.0 Å². The Morgan fingerprint density at radius 2 is 1.97 bits per heavy atom. The molecule has 0 aliphatic carbocycles. The van der Waals surface area contributed by atoms with Crippen LogP contribution in [0, 0.1) is 0 Å². The number of nitrogens with zero attached hydrogens (tertiary/aromatic N) is 6. The number of carbonyl (C=O) groups excluding carboxylic acids is 1. The number of carbonyl (C=O) groups is 1. The van der Waals surface area contributed by atoms with Crippen LogP contribution in [0.1, 0.15) is 48.7 Å². The van der Waals surface area contributed by atoms with Gasteiger partial charge in [-0.3, -0.25) is 9.48 Å². The lowest BCUT2D eigenvalue weighted by atomic mass is 10.1. The molecule has 4 heterocycles. The molecule has 4 aromatic rings. The van der Waals surface area contributed by atoms with E-state index in [9.17, 15) is 4.79 Å². The third kappa shape index (κ3) is 4.68. The summed E-state index contributed by atoms with van der Waals surface area (Å²) in [5, 5.41) is 10.8. The van der Waals surface area contributed by atoms with Gasteiger partial charge >= 0.3 is 0 Å². The number of nitrogens with one attached hydrogen (secondary N) is 2. The van der Waals surface area contributed by atoms with E-state index < -0.39 is 0 Å². The molecule has 1 aliphatic rings. The van der Waals surface area contributed by atoms with Crippen LogP contribution < -0.4 is 15.5 Å². The van der Waals surface area contributed by atoms with Crippen LogP contribution in [0.4, 0.5) is 17.3 Å². The van der Waals surface area contributed by atoms with Gasteiger partial charge in [0.1, 0.15) is 17.2 Å². The first kappa shape index (κ1) is 21.8. The summed E-state index contributed by atoms with van der Waals surface area (Å²) in [6.07, 6.45) is 7.63. The number of hydrogen-bond donors (Lipinski definition) is 2. The van der Waals surface area contributed by atoms with Crippen LogP contribution in [0.5, 0.6) is 0 Å². The van der Waals surface area contributed by atoms with Gasteiger partial charge in [0.05, 0.1) is 24.0 Å². The Hall–Kier alpha value is -4.01. The average molecular weight is 457 g/mol. The molecule has 34 heavy (non-hydrogen) atoms. The van der Waals surface area contributed by atoms with E-state index in [1.54, 1.807) is 12.4 Å². The Balaban J connectivity index is 1.25. The molecule has 0 bridgehead atoms. The quantitative estimate of drug-likeness (QED) is 0.428. The predicted octanol–water partition coefficient (Wildman–Crippen LogP) is 4.27. The third-order valence-electron chi connectivity index (χ3n) is 6.05. The zero-order valence-electron chi connectivity index (χ0n) is 19.4. The van der Waals surface area contributed by atoms with E-state index in [2.05, 4.69) is 35.6 Å². The number of amides is 1. The molecule has 0 radical (unpaired) electrons. The van der Waals surface area contributed by atoms with Crippen molar-refractivity contribution in [3.8, 4) is 0 Å². The van der Waals surface area contributed by atoms with E-state index in [4.69, 9.17) is 0 Å². The minimum atomic E-state index is -0.180. The fourth-order valence-electron chi connectivity index (χ4n) is 4.12. The fraction of sp³-hybridized carbons (Fsp3) is 0.320. The van der Waals surface area contributed by atoms with Crippen molar-refractivity contribution in [3.05, 3.63) is 66.1 Å². The molecule has 9 heteroatoms. The molecule has 0 spiro atoms. The number of benzene rings is 1. The number of fused-ring (bicyclic) bond motifs is 1. The molecule has 1 atom stereocenters. The molecule has 1 aromatic carbocycles.